The van der Waals surface area contributed by atoms with Gasteiger partial charge in [-0.1, -0.05) is 16.8 Å². The molecule has 0 amide bonds. The zero-order valence-corrected chi connectivity index (χ0v) is 3.76. The molecule has 0 saturated heterocycles. The Balaban J connectivity index is 3.07. The van der Waals surface area contributed by atoms with Gasteiger partial charge in [-0.05, 0) is 6.08 Å². The molecular formula is C3H4ClNO. The molecule has 1 N–H and O–H groups in total. The molecule has 0 aliphatic rings. The van der Waals surface area contributed by atoms with Gasteiger partial charge in [0.15, 0.2) is 0 Å². The van der Waals surface area contributed by atoms with Crippen molar-refractivity contribution in [3.63, 3.8) is 0 Å². The van der Waals surface area contributed by atoms with Gasteiger partial charge in [-0.2, -0.15) is 0 Å². The van der Waals surface area contributed by atoms with Crippen LogP contribution in [0.1, 0.15) is 0 Å². The fourth-order valence-corrected chi connectivity index (χ4v) is 0.136. The Hall–Kier alpha value is -0.500. The van der Waals surface area contributed by atoms with Gasteiger partial charge in [-0.3, -0.25) is 0 Å². The van der Waals surface area contributed by atoms with Gasteiger partial charge in [0.25, 0.3) is 0 Å². The Bertz CT molecular complexity index is 59.2. The molecule has 6 heavy (non-hydrogen) atoms. The Morgan fingerprint density at radius 1 is 1.67 bits per heavy atom. The topological polar surface area (TPSA) is 32.6 Å². The van der Waals surface area contributed by atoms with Crippen molar-refractivity contribution in [2.75, 3.05) is 0 Å². The lowest BCUT2D eigenvalue weighted by Crippen LogP contribution is -1.56. The largest absolute Gasteiger partial charge is 0.411 e. The number of rotatable bonds is 1. The molecule has 0 heterocycles. The second-order valence-electron chi connectivity index (χ2n) is 0.583. The smallest absolute Gasteiger partial charge is 0.0670 e. The fraction of sp³-hybridized carbons (Fsp3) is 0. The van der Waals surface area contributed by atoms with E-state index in [-0.39, 0.29) is 0 Å². The second-order valence-corrected chi connectivity index (χ2v) is 0.835. The van der Waals surface area contributed by atoms with Crippen LogP contribution in [0.5, 0.6) is 0 Å². The van der Waals surface area contributed by atoms with Crippen LogP contribution < -0.4 is 0 Å². The van der Waals surface area contributed by atoms with E-state index in [9.17, 15) is 0 Å². The molecule has 34 valence electrons. The lowest BCUT2D eigenvalue weighted by atomic mass is 10.7. The minimum Gasteiger partial charge on any atom is -0.411 e. The molecule has 0 aliphatic heterocycles. The van der Waals surface area contributed by atoms with E-state index in [0.717, 1.165) is 0 Å². The van der Waals surface area contributed by atoms with E-state index in [0.29, 0.717) is 0 Å². The highest BCUT2D eigenvalue weighted by atomic mass is 35.5. The molecule has 0 saturated carbocycles. The Morgan fingerprint density at radius 2 is 2.33 bits per heavy atom. The molecule has 0 spiro atoms. The molecule has 0 rings (SSSR count). The van der Waals surface area contributed by atoms with E-state index in [2.05, 4.69) is 5.16 Å². The van der Waals surface area contributed by atoms with Crippen molar-refractivity contribution in [2.24, 2.45) is 5.16 Å². The average Bonchev–Trinajstić information content (AvgIpc) is 1.61. The van der Waals surface area contributed by atoms with Crippen molar-refractivity contribution in [3.8, 4) is 0 Å². The summed E-state index contributed by atoms with van der Waals surface area (Å²) in [6.45, 7) is 0. The summed E-state index contributed by atoms with van der Waals surface area (Å²) in [5, 5.41) is 10.3. The van der Waals surface area contributed by atoms with E-state index in [1.165, 1.54) is 17.8 Å². The molecule has 0 aromatic carbocycles. The van der Waals surface area contributed by atoms with Crippen LogP contribution in [0.4, 0.5) is 0 Å². The third-order valence-electron chi connectivity index (χ3n) is 0.225. The summed E-state index contributed by atoms with van der Waals surface area (Å²) in [5.41, 5.74) is 1.25. The van der Waals surface area contributed by atoms with E-state index in [1.54, 1.807) is 0 Å². The van der Waals surface area contributed by atoms with Crippen LogP contribution in [-0.4, -0.2) is 11.4 Å². The van der Waals surface area contributed by atoms with Crippen molar-refractivity contribution in [2.45, 2.75) is 0 Å². The third kappa shape index (κ3) is 3.50. The first-order valence-electron chi connectivity index (χ1n) is 1.34. The molecule has 0 aliphatic carbocycles. The number of halogens is 1. The Kier molecular flexibility index (Phi) is 4.12. The van der Waals surface area contributed by atoms with E-state index in [1.807, 2.05) is 0 Å². The van der Waals surface area contributed by atoms with Gasteiger partial charge in [0.05, 0.1) is 6.21 Å². The Morgan fingerprint density at radius 3 is 2.50 bits per heavy atom. The van der Waals surface area contributed by atoms with Crippen LogP contribution in [-0.2, 0) is 0 Å². The first-order valence-corrected chi connectivity index (χ1v) is 1.78. The number of oxime groups is 1. The first kappa shape index (κ1) is 5.50. The highest BCUT2D eigenvalue weighted by Crippen LogP contribution is 1.71. The molecule has 0 aromatic heterocycles. The molecule has 3 heteroatoms. The lowest BCUT2D eigenvalue weighted by Gasteiger charge is -1.61. The van der Waals surface area contributed by atoms with Crippen molar-refractivity contribution in [1.82, 2.24) is 0 Å². The van der Waals surface area contributed by atoms with Crippen molar-refractivity contribution in [3.05, 3.63) is 11.6 Å². The predicted molar refractivity (Wildman–Crippen MR) is 25.3 cm³/mol. The number of nitrogens with zero attached hydrogens (tertiary/aromatic N) is 1. The molecule has 2 nitrogen and oxygen atoms in total. The molecule has 0 bridgehead atoms. The number of hydrogen-bond acceptors (Lipinski definition) is 2. The summed E-state index contributed by atoms with van der Waals surface area (Å²) in [6.07, 6.45) is 2.58. The fourth-order valence-electron chi connectivity index (χ4n) is 0.0710. The minimum atomic E-state index is 1.17. The maximum Gasteiger partial charge on any atom is 0.0670 e. The summed E-state index contributed by atoms with van der Waals surface area (Å²) in [4.78, 5) is 0. The lowest BCUT2D eigenvalue weighted by molar-refractivity contribution is 0.322. The highest BCUT2D eigenvalue weighted by molar-refractivity contribution is 6.26. The van der Waals surface area contributed by atoms with E-state index >= 15 is 0 Å². The third-order valence-corrected chi connectivity index (χ3v) is 0.371. The van der Waals surface area contributed by atoms with Crippen molar-refractivity contribution in [1.29, 1.82) is 0 Å². The van der Waals surface area contributed by atoms with Gasteiger partial charge in [-0.25, -0.2) is 0 Å². The standard InChI is InChI=1S/C3H4ClNO/c4-2-1-3-5-6/h1-3,6H. The van der Waals surface area contributed by atoms with E-state index < -0.39 is 0 Å². The van der Waals surface area contributed by atoms with E-state index in [4.69, 9.17) is 16.8 Å². The number of allylic oxidation sites excluding steroid dienone is 1. The van der Waals surface area contributed by atoms with Gasteiger partial charge in [0, 0.05) is 5.54 Å². The molecule has 0 radical (unpaired) electrons. The maximum atomic E-state index is 7.66. The van der Waals surface area contributed by atoms with Crippen LogP contribution >= 0.6 is 11.6 Å². The monoisotopic (exact) mass is 105 g/mol. The quantitative estimate of drug-likeness (QED) is 0.303. The van der Waals surface area contributed by atoms with Gasteiger partial charge < -0.3 is 5.21 Å². The summed E-state index contributed by atoms with van der Waals surface area (Å²) in [7, 11) is 0. The van der Waals surface area contributed by atoms with Crippen LogP contribution in [0, 0.1) is 0 Å². The normalized spacial score (nSPS) is 11.5. The highest BCUT2D eigenvalue weighted by Gasteiger charge is 1.53. The average molecular weight is 106 g/mol. The summed E-state index contributed by atoms with van der Waals surface area (Å²) >= 11 is 5.00. The van der Waals surface area contributed by atoms with Crippen LogP contribution in [0.15, 0.2) is 16.8 Å². The molecular weight excluding hydrogens is 101 g/mol. The molecule has 0 atom stereocenters. The summed E-state index contributed by atoms with van der Waals surface area (Å²) in [5.74, 6) is 0. The molecule has 0 fully saturated rings. The van der Waals surface area contributed by atoms with Crippen LogP contribution in [0.2, 0.25) is 0 Å². The van der Waals surface area contributed by atoms with Gasteiger partial charge in [-0.15, -0.1) is 0 Å². The SMILES string of the molecule is ON=CC=CCl. The van der Waals surface area contributed by atoms with Crippen molar-refractivity contribution >= 4 is 17.8 Å². The van der Waals surface area contributed by atoms with Crippen molar-refractivity contribution < 1.29 is 5.21 Å². The predicted octanol–water partition coefficient (Wildman–Crippen LogP) is 1.20. The van der Waals surface area contributed by atoms with Crippen LogP contribution in [0.25, 0.3) is 0 Å². The minimum absolute atomic E-state index is 1.17. The molecule has 0 unspecified atom stereocenters. The Labute approximate surface area is 40.7 Å². The summed E-state index contributed by atoms with van der Waals surface area (Å²) in [6, 6.07) is 0. The van der Waals surface area contributed by atoms with Gasteiger partial charge >= 0.3 is 0 Å². The van der Waals surface area contributed by atoms with Gasteiger partial charge in [0.2, 0.25) is 0 Å². The number of hydrogen-bond donors (Lipinski definition) is 1. The van der Waals surface area contributed by atoms with Gasteiger partial charge in [0.1, 0.15) is 0 Å². The second kappa shape index (κ2) is 4.50. The zero-order valence-electron chi connectivity index (χ0n) is 3.00. The zero-order chi connectivity index (χ0) is 4.83. The molecule has 0 aromatic rings. The maximum absolute atomic E-state index is 7.66. The van der Waals surface area contributed by atoms with Crippen LogP contribution in [0.3, 0.4) is 0 Å². The first-order chi connectivity index (χ1) is 2.91. The summed E-state index contributed by atoms with van der Waals surface area (Å²) < 4.78 is 0.